The average molecular weight is 475 g/mol. The van der Waals surface area contributed by atoms with Gasteiger partial charge in [0, 0.05) is 38.7 Å². The van der Waals surface area contributed by atoms with E-state index < -0.39 is 10.0 Å². The topological polar surface area (TPSA) is 66.9 Å². The Hall–Kier alpha value is -2.29. The number of piperidine rings is 1. The first-order valence-corrected chi connectivity index (χ1v) is 13.0. The number of nitrogens with zero attached hydrogens (tertiary/aromatic N) is 2. The molecule has 0 bridgehead atoms. The van der Waals surface area contributed by atoms with Crippen molar-refractivity contribution in [1.29, 1.82) is 0 Å². The van der Waals surface area contributed by atoms with E-state index >= 15 is 0 Å². The highest BCUT2D eigenvalue weighted by Gasteiger charge is 2.34. The van der Waals surface area contributed by atoms with E-state index in [9.17, 15) is 17.6 Å². The van der Waals surface area contributed by atoms with E-state index in [0.29, 0.717) is 45.6 Å². The van der Waals surface area contributed by atoms with Crippen LogP contribution in [0.25, 0.3) is 0 Å². The van der Waals surface area contributed by atoms with Gasteiger partial charge in [0.2, 0.25) is 15.9 Å². The number of hydrogen-bond donors (Lipinski definition) is 0. The summed E-state index contributed by atoms with van der Waals surface area (Å²) in [7, 11) is -3.57. The van der Waals surface area contributed by atoms with Gasteiger partial charge in [-0.05, 0) is 62.4 Å². The van der Waals surface area contributed by atoms with Crippen molar-refractivity contribution >= 4 is 15.9 Å². The molecule has 2 aliphatic rings. The highest BCUT2D eigenvalue weighted by molar-refractivity contribution is 7.89. The molecule has 2 aromatic rings. The fourth-order valence-corrected chi connectivity index (χ4v) is 6.05. The van der Waals surface area contributed by atoms with Crippen LogP contribution < -0.4 is 0 Å². The van der Waals surface area contributed by atoms with Gasteiger partial charge in [0.25, 0.3) is 0 Å². The number of sulfonamides is 1. The van der Waals surface area contributed by atoms with Crippen molar-refractivity contribution in [2.75, 3.05) is 26.2 Å². The standard InChI is InChI=1S/C25H31FN2O4S/c1-19-7-9-24(10-8-19)33(30,31)28-13-11-21(12-14-28)25(29)27(18-23-6-3-15-32-23)17-20-4-2-5-22(26)16-20/h2,4-5,7-10,16,21,23H,3,6,11-15,17-18H2,1H3. The van der Waals surface area contributed by atoms with Crippen LogP contribution >= 0.6 is 0 Å². The van der Waals surface area contributed by atoms with Gasteiger partial charge in [0.1, 0.15) is 5.82 Å². The minimum absolute atomic E-state index is 0.00971. The highest BCUT2D eigenvalue weighted by atomic mass is 32.2. The van der Waals surface area contributed by atoms with Gasteiger partial charge in [-0.15, -0.1) is 0 Å². The van der Waals surface area contributed by atoms with Gasteiger partial charge in [0.05, 0.1) is 11.0 Å². The number of benzene rings is 2. The van der Waals surface area contributed by atoms with E-state index in [1.54, 1.807) is 35.2 Å². The van der Waals surface area contributed by atoms with Gasteiger partial charge in [-0.25, -0.2) is 12.8 Å². The van der Waals surface area contributed by atoms with Crippen molar-refractivity contribution < 1.29 is 22.3 Å². The smallest absolute Gasteiger partial charge is 0.243 e. The largest absolute Gasteiger partial charge is 0.376 e. The lowest BCUT2D eigenvalue weighted by molar-refractivity contribution is -0.139. The van der Waals surface area contributed by atoms with E-state index in [0.717, 1.165) is 24.0 Å². The molecule has 4 rings (SSSR count). The third-order valence-corrected chi connectivity index (χ3v) is 8.40. The molecular weight excluding hydrogens is 443 g/mol. The first-order chi connectivity index (χ1) is 15.8. The first kappa shape index (κ1) is 23.9. The van der Waals surface area contributed by atoms with E-state index in [1.165, 1.54) is 16.4 Å². The van der Waals surface area contributed by atoms with Crippen LogP contribution in [0, 0.1) is 18.7 Å². The third-order valence-electron chi connectivity index (χ3n) is 6.48. The number of carbonyl (C=O) groups is 1. The van der Waals surface area contributed by atoms with Crippen LogP contribution in [0.4, 0.5) is 4.39 Å². The molecule has 8 heteroatoms. The summed E-state index contributed by atoms with van der Waals surface area (Å²) in [5.74, 6) is -0.599. The number of hydrogen-bond acceptors (Lipinski definition) is 4. The summed E-state index contributed by atoms with van der Waals surface area (Å²) in [5, 5.41) is 0. The Bertz CT molecular complexity index is 1060. The first-order valence-electron chi connectivity index (χ1n) is 11.5. The van der Waals surface area contributed by atoms with Crippen LogP contribution in [0.2, 0.25) is 0 Å². The summed E-state index contributed by atoms with van der Waals surface area (Å²) in [6.07, 6.45) is 2.80. The summed E-state index contributed by atoms with van der Waals surface area (Å²) < 4.78 is 46.9. The Kier molecular flexibility index (Phi) is 7.46. The van der Waals surface area contributed by atoms with Gasteiger partial charge in [-0.3, -0.25) is 4.79 Å². The number of amides is 1. The average Bonchev–Trinajstić information content (AvgIpc) is 3.32. The second-order valence-corrected chi connectivity index (χ2v) is 10.9. The molecule has 33 heavy (non-hydrogen) atoms. The molecule has 2 aliphatic heterocycles. The zero-order valence-electron chi connectivity index (χ0n) is 19.0. The minimum atomic E-state index is -3.57. The van der Waals surface area contributed by atoms with Crippen molar-refractivity contribution in [2.24, 2.45) is 5.92 Å². The van der Waals surface area contributed by atoms with Crippen LogP contribution in [0.5, 0.6) is 0 Å². The van der Waals surface area contributed by atoms with Crippen molar-refractivity contribution in [1.82, 2.24) is 9.21 Å². The Balaban J connectivity index is 1.43. The molecular formula is C25H31FN2O4S. The Morgan fingerprint density at radius 2 is 1.85 bits per heavy atom. The van der Waals surface area contributed by atoms with Gasteiger partial charge < -0.3 is 9.64 Å². The van der Waals surface area contributed by atoms with Crippen LogP contribution in [-0.2, 0) is 26.1 Å². The summed E-state index contributed by atoms with van der Waals surface area (Å²) in [6, 6.07) is 13.1. The monoisotopic (exact) mass is 474 g/mol. The minimum Gasteiger partial charge on any atom is -0.376 e. The molecule has 0 aromatic heterocycles. The number of carbonyl (C=O) groups excluding carboxylic acids is 1. The lowest BCUT2D eigenvalue weighted by Crippen LogP contribution is -2.45. The van der Waals surface area contributed by atoms with E-state index in [4.69, 9.17) is 4.74 Å². The zero-order chi connectivity index (χ0) is 23.4. The molecule has 6 nitrogen and oxygen atoms in total. The molecule has 0 N–H and O–H groups in total. The summed E-state index contributed by atoms with van der Waals surface area (Å²) in [4.78, 5) is 15.5. The van der Waals surface area contributed by atoms with Crippen LogP contribution in [0.3, 0.4) is 0 Å². The second-order valence-electron chi connectivity index (χ2n) is 8.98. The number of rotatable bonds is 7. The number of halogens is 1. The van der Waals surface area contributed by atoms with Crippen molar-refractivity contribution in [2.45, 2.75) is 50.2 Å². The lowest BCUT2D eigenvalue weighted by atomic mass is 9.96. The van der Waals surface area contributed by atoms with E-state index in [1.807, 2.05) is 13.0 Å². The molecule has 1 amide bonds. The van der Waals surface area contributed by atoms with Crippen LogP contribution in [0.1, 0.15) is 36.8 Å². The molecule has 2 fully saturated rings. The SMILES string of the molecule is Cc1ccc(S(=O)(=O)N2CCC(C(=O)N(Cc3cccc(F)c3)CC3CCCO3)CC2)cc1. The van der Waals surface area contributed by atoms with Crippen molar-refractivity contribution in [3.8, 4) is 0 Å². The molecule has 178 valence electrons. The molecule has 0 aliphatic carbocycles. The van der Waals surface area contributed by atoms with Crippen LogP contribution in [0.15, 0.2) is 53.4 Å². The van der Waals surface area contributed by atoms with Crippen LogP contribution in [-0.4, -0.2) is 55.9 Å². The molecule has 0 spiro atoms. The predicted octanol–water partition coefficient (Wildman–Crippen LogP) is 3.74. The zero-order valence-corrected chi connectivity index (χ0v) is 19.8. The third kappa shape index (κ3) is 5.80. The van der Waals surface area contributed by atoms with Gasteiger partial charge in [-0.2, -0.15) is 4.31 Å². The number of ether oxygens (including phenoxy) is 1. The van der Waals surface area contributed by atoms with Gasteiger partial charge in [-0.1, -0.05) is 29.8 Å². The van der Waals surface area contributed by atoms with E-state index in [2.05, 4.69) is 0 Å². The summed E-state index contributed by atoms with van der Waals surface area (Å²) in [5.41, 5.74) is 1.74. The molecule has 2 heterocycles. The molecule has 0 radical (unpaired) electrons. The maximum atomic E-state index is 13.7. The van der Waals surface area contributed by atoms with Gasteiger partial charge >= 0.3 is 0 Å². The van der Waals surface area contributed by atoms with Crippen molar-refractivity contribution in [3.05, 3.63) is 65.5 Å². The highest BCUT2D eigenvalue weighted by Crippen LogP contribution is 2.27. The maximum absolute atomic E-state index is 13.7. The second kappa shape index (κ2) is 10.3. The lowest BCUT2D eigenvalue weighted by Gasteiger charge is -2.34. The normalized spacial score (nSPS) is 20.1. The fourth-order valence-electron chi connectivity index (χ4n) is 4.58. The summed E-state index contributed by atoms with van der Waals surface area (Å²) >= 11 is 0. The fraction of sp³-hybridized carbons (Fsp3) is 0.480. The maximum Gasteiger partial charge on any atom is 0.243 e. The number of aryl methyl sites for hydroxylation is 1. The molecule has 1 atom stereocenters. The molecule has 1 unspecified atom stereocenters. The predicted molar refractivity (Wildman–Crippen MR) is 123 cm³/mol. The molecule has 2 saturated heterocycles. The van der Waals surface area contributed by atoms with E-state index in [-0.39, 0.29) is 28.6 Å². The molecule has 0 saturated carbocycles. The van der Waals surface area contributed by atoms with Crippen molar-refractivity contribution in [3.63, 3.8) is 0 Å². The quantitative estimate of drug-likeness (QED) is 0.613. The van der Waals surface area contributed by atoms with Gasteiger partial charge in [0.15, 0.2) is 0 Å². The molecule has 2 aromatic carbocycles. The Morgan fingerprint density at radius 3 is 2.48 bits per heavy atom. The summed E-state index contributed by atoms with van der Waals surface area (Å²) in [6.45, 7) is 4.01. The Labute approximate surface area is 195 Å². The Morgan fingerprint density at radius 1 is 1.12 bits per heavy atom.